The molecule has 0 aliphatic rings. The Hall–Kier alpha value is -1.91. The van der Waals surface area contributed by atoms with Gasteiger partial charge in [0.25, 0.3) is 0 Å². The molecule has 13 heavy (non-hydrogen) atoms. The molecule has 0 saturated heterocycles. The van der Waals surface area contributed by atoms with E-state index in [1.54, 1.807) is 12.3 Å². The maximum atomic E-state index is 4.68. The number of aromatic nitrogens is 3. The first-order valence-corrected chi connectivity index (χ1v) is 3.86. The summed E-state index contributed by atoms with van der Waals surface area (Å²) < 4.78 is 4.68. The second-order valence-electron chi connectivity index (χ2n) is 2.45. The molecule has 5 heteroatoms. The van der Waals surface area contributed by atoms with Crippen LogP contribution in [0.1, 0.15) is 5.69 Å². The van der Waals surface area contributed by atoms with E-state index in [0.29, 0.717) is 6.54 Å². The molecule has 0 unspecified atom stereocenters. The molecule has 0 aliphatic heterocycles. The van der Waals surface area contributed by atoms with Gasteiger partial charge in [-0.05, 0) is 12.1 Å². The van der Waals surface area contributed by atoms with Gasteiger partial charge < -0.3 is 9.84 Å². The van der Waals surface area contributed by atoms with Crippen LogP contribution in [0.25, 0.3) is 0 Å². The molecule has 0 aliphatic carbocycles. The lowest BCUT2D eigenvalue weighted by Crippen LogP contribution is -2.01. The zero-order valence-electron chi connectivity index (χ0n) is 6.84. The Balaban J connectivity index is 1.94. The summed E-state index contributed by atoms with van der Waals surface area (Å²) in [7, 11) is 0. The summed E-state index contributed by atoms with van der Waals surface area (Å²) in [5, 5.41) is 14.4. The fraction of sp³-hybridized carbons (Fsp3) is 0.125. The number of nitrogens with zero attached hydrogens (tertiary/aromatic N) is 3. The molecule has 2 rings (SSSR count). The van der Waals surface area contributed by atoms with Crippen molar-refractivity contribution in [3.05, 3.63) is 36.4 Å². The number of anilines is 1. The molecule has 0 fully saturated rings. The smallest absolute Gasteiger partial charge is 0.148 e. The molecule has 0 spiro atoms. The van der Waals surface area contributed by atoms with E-state index in [9.17, 15) is 0 Å². The van der Waals surface area contributed by atoms with Crippen molar-refractivity contribution in [2.45, 2.75) is 6.54 Å². The highest BCUT2D eigenvalue weighted by molar-refractivity contribution is 5.31. The van der Waals surface area contributed by atoms with Gasteiger partial charge >= 0.3 is 0 Å². The summed E-state index contributed by atoms with van der Waals surface area (Å²) in [6.07, 6.45) is 3.16. The third kappa shape index (κ3) is 2.02. The van der Waals surface area contributed by atoms with Gasteiger partial charge in [0.15, 0.2) is 0 Å². The summed E-state index contributed by atoms with van der Waals surface area (Å²) in [6, 6.07) is 5.45. The minimum absolute atomic E-state index is 0.592. The molecule has 0 saturated carbocycles. The largest absolute Gasteiger partial charge is 0.364 e. The van der Waals surface area contributed by atoms with Crippen LogP contribution in [0.2, 0.25) is 0 Å². The molecule has 0 bridgehead atoms. The zero-order chi connectivity index (χ0) is 8.93. The number of hydrogen-bond donors (Lipinski definition) is 1. The topological polar surface area (TPSA) is 63.8 Å². The molecule has 0 aromatic carbocycles. The summed E-state index contributed by atoms with van der Waals surface area (Å²) in [4.78, 5) is 0. The summed E-state index contributed by atoms with van der Waals surface area (Å²) in [6.45, 7) is 0.592. The minimum atomic E-state index is 0.592. The first-order valence-electron chi connectivity index (χ1n) is 3.86. The number of nitrogens with one attached hydrogen (secondary N) is 1. The molecule has 0 atom stereocenters. The monoisotopic (exact) mass is 176 g/mol. The van der Waals surface area contributed by atoms with Crippen LogP contribution in [0.5, 0.6) is 0 Å². The van der Waals surface area contributed by atoms with Gasteiger partial charge in [-0.3, -0.25) is 0 Å². The van der Waals surface area contributed by atoms with E-state index in [1.165, 1.54) is 6.26 Å². The zero-order valence-corrected chi connectivity index (χ0v) is 6.84. The lowest BCUT2D eigenvalue weighted by atomic mass is 10.4. The normalized spacial score (nSPS) is 9.85. The Bertz CT molecular complexity index is 346. The Morgan fingerprint density at radius 1 is 1.38 bits per heavy atom. The Morgan fingerprint density at radius 2 is 2.38 bits per heavy atom. The van der Waals surface area contributed by atoms with Crippen molar-refractivity contribution in [1.82, 2.24) is 15.4 Å². The third-order valence-corrected chi connectivity index (χ3v) is 1.51. The van der Waals surface area contributed by atoms with Crippen molar-refractivity contribution in [2.75, 3.05) is 5.32 Å². The highest BCUT2D eigenvalue weighted by Crippen LogP contribution is 2.01. The molecule has 0 amide bonds. The molecule has 0 radical (unpaired) electrons. The van der Waals surface area contributed by atoms with Crippen LogP contribution in [0.3, 0.4) is 0 Å². The van der Waals surface area contributed by atoms with E-state index < -0.39 is 0 Å². The van der Waals surface area contributed by atoms with Crippen LogP contribution in [-0.4, -0.2) is 15.4 Å². The third-order valence-electron chi connectivity index (χ3n) is 1.51. The van der Waals surface area contributed by atoms with Crippen molar-refractivity contribution in [3.63, 3.8) is 0 Å². The maximum absolute atomic E-state index is 4.68. The highest BCUT2D eigenvalue weighted by Gasteiger charge is 1.96. The van der Waals surface area contributed by atoms with Gasteiger partial charge in [0, 0.05) is 12.3 Å². The molecule has 1 N–H and O–H groups in total. The van der Waals surface area contributed by atoms with Crippen molar-refractivity contribution in [3.8, 4) is 0 Å². The Morgan fingerprint density at radius 3 is 3.08 bits per heavy atom. The SMILES string of the molecule is c1cnnc(NCc2ccon2)c1. The van der Waals surface area contributed by atoms with E-state index in [-0.39, 0.29) is 0 Å². The first kappa shape index (κ1) is 7.72. The molecular formula is C8H8N4O. The van der Waals surface area contributed by atoms with E-state index in [1.807, 2.05) is 12.1 Å². The van der Waals surface area contributed by atoms with Gasteiger partial charge in [-0.1, -0.05) is 5.16 Å². The maximum Gasteiger partial charge on any atom is 0.148 e. The predicted molar refractivity (Wildman–Crippen MR) is 45.9 cm³/mol. The summed E-state index contributed by atoms with van der Waals surface area (Å²) in [5.41, 5.74) is 0.839. The van der Waals surface area contributed by atoms with Crippen LogP contribution >= 0.6 is 0 Å². The first-order chi connectivity index (χ1) is 6.45. The van der Waals surface area contributed by atoms with Crippen LogP contribution in [0, 0.1) is 0 Å². The van der Waals surface area contributed by atoms with Crippen LogP contribution in [-0.2, 0) is 6.54 Å². The fourth-order valence-electron chi connectivity index (χ4n) is 0.906. The molecule has 66 valence electrons. The van der Waals surface area contributed by atoms with E-state index in [0.717, 1.165) is 11.5 Å². The molecule has 2 heterocycles. The second kappa shape index (κ2) is 3.66. The predicted octanol–water partition coefficient (Wildman–Crippen LogP) is 1.08. The quantitative estimate of drug-likeness (QED) is 0.758. The van der Waals surface area contributed by atoms with Gasteiger partial charge in [0.1, 0.15) is 17.8 Å². The molecular weight excluding hydrogens is 168 g/mol. The summed E-state index contributed by atoms with van der Waals surface area (Å²) >= 11 is 0. The molecule has 5 nitrogen and oxygen atoms in total. The lowest BCUT2D eigenvalue weighted by molar-refractivity contribution is 0.412. The Kier molecular flexibility index (Phi) is 2.18. The summed E-state index contributed by atoms with van der Waals surface area (Å²) in [5.74, 6) is 0.727. The van der Waals surface area contributed by atoms with Crippen molar-refractivity contribution in [1.29, 1.82) is 0 Å². The standard InChI is InChI=1S/C8H8N4O/c1-2-8(11-10-4-1)9-6-7-3-5-13-12-7/h1-5H,6H2,(H,9,11). The number of rotatable bonds is 3. The van der Waals surface area contributed by atoms with E-state index in [4.69, 9.17) is 0 Å². The average Bonchev–Trinajstić information content (AvgIpc) is 2.69. The van der Waals surface area contributed by atoms with Gasteiger partial charge in [0.2, 0.25) is 0 Å². The van der Waals surface area contributed by atoms with Crippen molar-refractivity contribution < 1.29 is 4.52 Å². The Labute approximate surface area is 74.8 Å². The van der Waals surface area contributed by atoms with E-state index >= 15 is 0 Å². The molecule has 2 aromatic heterocycles. The van der Waals surface area contributed by atoms with Crippen molar-refractivity contribution in [2.24, 2.45) is 0 Å². The fourth-order valence-corrected chi connectivity index (χ4v) is 0.906. The van der Waals surface area contributed by atoms with Crippen LogP contribution < -0.4 is 5.32 Å². The van der Waals surface area contributed by atoms with Gasteiger partial charge in [0.05, 0.1) is 6.54 Å². The van der Waals surface area contributed by atoms with Gasteiger partial charge in [-0.25, -0.2) is 0 Å². The van der Waals surface area contributed by atoms with Crippen LogP contribution in [0.15, 0.2) is 35.2 Å². The second-order valence-corrected chi connectivity index (χ2v) is 2.45. The van der Waals surface area contributed by atoms with Gasteiger partial charge in [-0.2, -0.15) is 5.10 Å². The average molecular weight is 176 g/mol. The lowest BCUT2D eigenvalue weighted by Gasteiger charge is -1.99. The molecule has 2 aromatic rings. The highest BCUT2D eigenvalue weighted by atomic mass is 16.5. The number of hydrogen-bond acceptors (Lipinski definition) is 5. The minimum Gasteiger partial charge on any atom is -0.364 e. The van der Waals surface area contributed by atoms with E-state index in [2.05, 4.69) is 25.2 Å². The van der Waals surface area contributed by atoms with Gasteiger partial charge in [-0.15, -0.1) is 5.10 Å². The van der Waals surface area contributed by atoms with Crippen molar-refractivity contribution >= 4 is 5.82 Å². The van der Waals surface area contributed by atoms with Crippen LogP contribution in [0.4, 0.5) is 5.82 Å².